The predicted octanol–water partition coefficient (Wildman–Crippen LogP) is 1.10. The number of hydrogen-bond donors (Lipinski definition) is 1. The number of halogens is 1. The molecule has 0 saturated heterocycles. The average molecular weight is 162 g/mol. The van der Waals surface area contributed by atoms with Crippen molar-refractivity contribution >= 4 is 6.21 Å². The highest BCUT2D eigenvalue weighted by atomic mass is 19.1. The van der Waals surface area contributed by atoms with Crippen LogP contribution in [0.4, 0.5) is 4.39 Å². The molecule has 0 atom stereocenters. The summed E-state index contributed by atoms with van der Waals surface area (Å²) in [6, 6.07) is 4.31. The number of nitrogens with two attached hydrogens (primary N) is 1. The van der Waals surface area contributed by atoms with Crippen LogP contribution in [-0.2, 0) is 0 Å². The Morgan fingerprint density at radius 1 is 1.58 bits per heavy atom. The van der Waals surface area contributed by atoms with Crippen LogP contribution in [0.25, 0.3) is 0 Å². The fraction of sp³-hybridized carbons (Fsp3) is 0. The van der Waals surface area contributed by atoms with E-state index < -0.39 is 0 Å². The summed E-state index contributed by atoms with van der Waals surface area (Å²) >= 11 is 0. The fourth-order valence-electron chi connectivity index (χ4n) is 0.813. The fourth-order valence-corrected chi connectivity index (χ4v) is 0.813. The number of terminal acetylenes is 1. The van der Waals surface area contributed by atoms with Crippen molar-refractivity contribution in [1.29, 1.82) is 0 Å². The molecule has 0 heterocycles. The van der Waals surface area contributed by atoms with Gasteiger partial charge in [-0.15, -0.1) is 6.42 Å². The Balaban J connectivity index is 3.19. The second-order valence-electron chi connectivity index (χ2n) is 2.16. The van der Waals surface area contributed by atoms with Gasteiger partial charge in [-0.1, -0.05) is 5.92 Å². The third-order valence-electron chi connectivity index (χ3n) is 1.38. The molecular weight excluding hydrogens is 155 g/mol. The molecule has 0 unspecified atom stereocenters. The molecule has 1 rings (SSSR count). The lowest BCUT2D eigenvalue weighted by Gasteiger charge is -1.95. The summed E-state index contributed by atoms with van der Waals surface area (Å²) in [6.45, 7) is 0. The highest BCUT2D eigenvalue weighted by molar-refractivity contribution is 5.80. The molecule has 3 heteroatoms. The molecule has 0 bridgehead atoms. The Hall–Kier alpha value is -1.82. The van der Waals surface area contributed by atoms with E-state index in [0.29, 0.717) is 11.1 Å². The Labute approximate surface area is 69.9 Å². The zero-order valence-corrected chi connectivity index (χ0v) is 6.29. The van der Waals surface area contributed by atoms with E-state index in [4.69, 9.17) is 12.3 Å². The van der Waals surface area contributed by atoms with Crippen LogP contribution in [0.3, 0.4) is 0 Å². The van der Waals surface area contributed by atoms with Gasteiger partial charge in [0.1, 0.15) is 5.82 Å². The number of benzene rings is 1. The maximum atomic E-state index is 12.9. The molecule has 0 aliphatic rings. The van der Waals surface area contributed by atoms with Gasteiger partial charge >= 0.3 is 0 Å². The normalized spacial score (nSPS) is 10.0. The molecule has 0 fully saturated rings. The third-order valence-corrected chi connectivity index (χ3v) is 1.38. The predicted molar refractivity (Wildman–Crippen MR) is 46.1 cm³/mol. The topological polar surface area (TPSA) is 38.4 Å². The maximum Gasteiger partial charge on any atom is 0.132 e. The summed E-state index contributed by atoms with van der Waals surface area (Å²) in [4.78, 5) is 0. The van der Waals surface area contributed by atoms with Gasteiger partial charge in [0.2, 0.25) is 0 Å². The second kappa shape index (κ2) is 3.54. The Kier molecular flexibility index (Phi) is 2.44. The minimum atomic E-state index is -0.386. The van der Waals surface area contributed by atoms with E-state index in [-0.39, 0.29) is 5.82 Å². The first kappa shape index (κ1) is 8.28. The lowest BCUT2D eigenvalue weighted by atomic mass is 10.1. The molecule has 0 aliphatic heterocycles. The molecule has 1 aromatic carbocycles. The zero-order chi connectivity index (χ0) is 8.97. The van der Waals surface area contributed by atoms with Crippen molar-refractivity contribution in [2.45, 2.75) is 0 Å². The Morgan fingerprint density at radius 2 is 2.33 bits per heavy atom. The number of hydrogen-bond acceptors (Lipinski definition) is 2. The van der Waals surface area contributed by atoms with Gasteiger partial charge in [0.25, 0.3) is 0 Å². The number of nitrogens with zero attached hydrogens (tertiary/aromatic N) is 1. The van der Waals surface area contributed by atoms with Crippen LogP contribution >= 0.6 is 0 Å². The smallest absolute Gasteiger partial charge is 0.132 e. The second-order valence-corrected chi connectivity index (χ2v) is 2.16. The largest absolute Gasteiger partial charge is 0.323 e. The SMILES string of the molecule is C#Cc1ccc(F)c(C=NN)c1. The molecule has 12 heavy (non-hydrogen) atoms. The minimum absolute atomic E-state index is 0.299. The van der Waals surface area contributed by atoms with E-state index in [2.05, 4.69) is 11.0 Å². The molecule has 0 saturated carbocycles. The summed E-state index contributed by atoms with van der Waals surface area (Å²) in [5.74, 6) is 6.87. The van der Waals surface area contributed by atoms with Crippen LogP contribution in [-0.4, -0.2) is 6.21 Å². The van der Waals surface area contributed by atoms with E-state index in [0.717, 1.165) is 0 Å². The van der Waals surface area contributed by atoms with E-state index >= 15 is 0 Å². The van der Waals surface area contributed by atoms with Crippen molar-refractivity contribution in [3.05, 3.63) is 35.1 Å². The van der Waals surface area contributed by atoms with Gasteiger partial charge in [-0.2, -0.15) is 5.10 Å². The van der Waals surface area contributed by atoms with Crippen LogP contribution in [0.2, 0.25) is 0 Å². The van der Waals surface area contributed by atoms with Gasteiger partial charge in [-0.05, 0) is 18.2 Å². The van der Waals surface area contributed by atoms with Gasteiger partial charge in [-0.25, -0.2) is 4.39 Å². The van der Waals surface area contributed by atoms with Crippen LogP contribution in [0.5, 0.6) is 0 Å². The maximum absolute atomic E-state index is 12.9. The molecule has 0 radical (unpaired) electrons. The van der Waals surface area contributed by atoms with Crippen LogP contribution in [0.15, 0.2) is 23.3 Å². The molecule has 0 spiro atoms. The van der Waals surface area contributed by atoms with E-state index in [1.807, 2.05) is 0 Å². The summed E-state index contributed by atoms with van der Waals surface area (Å²) in [7, 11) is 0. The average Bonchev–Trinajstić information content (AvgIpc) is 2.09. The monoisotopic (exact) mass is 162 g/mol. The van der Waals surface area contributed by atoms with Crippen LogP contribution in [0.1, 0.15) is 11.1 Å². The zero-order valence-electron chi connectivity index (χ0n) is 6.29. The van der Waals surface area contributed by atoms with Crippen LogP contribution in [0, 0.1) is 18.2 Å². The first-order valence-corrected chi connectivity index (χ1v) is 3.27. The number of hydrazone groups is 1. The lowest BCUT2D eigenvalue weighted by Crippen LogP contribution is -1.92. The van der Waals surface area contributed by atoms with Crippen molar-refractivity contribution in [2.75, 3.05) is 0 Å². The quantitative estimate of drug-likeness (QED) is 0.285. The van der Waals surface area contributed by atoms with Crippen molar-refractivity contribution in [1.82, 2.24) is 0 Å². The minimum Gasteiger partial charge on any atom is -0.323 e. The third kappa shape index (κ3) is 1.61. The van der Waals surface area contributed by atoms with E-state index in [9.17, 15) is 4.39 Å². The molecule has 0 aliphatic carbocycles. The van der Waals surface area contributed by atoms with Gasteiger partial charge < -0.3 is 5.84 Å². The first-order chi connectivity index (χ1) is 5.77. The summed E-state index contributed by atoms with van der Waals surface area (Å²) in [6.07, 6.45) is 6.34. The van der Waals surface area contributed by atoms with Crippen molar-refractivity contribution in [3.8, 4) is 12.3 Å². The van der Waals surface area contributed by atoms with Crippen LogP contribution < -0.4 is 5.84 Å². The number of rotatable bonds is 1. The standard InChI is InChI=1S/C9H7FN2/c1-2-7-3-4-9(10)8(5-7)6-12-11/h1,3-6H,11H2. The molecule has 60 valence electrons. The van der Waals surface area contributed by atoms with Crippen molar-refractivity contribution < 1.29 is 4.39 Å². The van der Waals surface area contributed by atoms with Gasteiger partial charge in [0.05, 0.1) is 6.21 Å². The van der Waals surface area contributed by atoms with E-state index in [1.165, 1.54) is 24.4 Å². The Morgan fingerprint density at radius 3 is 2.92 bits per heavy atom. The molecule has 2 N–H and O–H groups in total. The Bertz CT molecular complexity index is 350. The highest BCUT2D eigenvalue weighted by Gasteiger charge is 1.98. The molecule has 0 amide bonds. The summed E-state index contributed by atoms with van der Waals surface area (Å²) < 4.78 is 12.9. The summed E-state index contributed by atoms with van der Waals surface area (Å²) in [5, 5.41) is 3.21. The first-order valence-electron chi connectivity index (χ1n) is 3.27. The molecule has 2 nitrogen and oxygen atoms in total. The van der Waals surface area contributed by atoms with Crippen molar-refractivity contribution in [2.24, 2.45) is 10.9 Å². The van der Waals surface area contributed by atoms with E-state index in [1.54, 1.807) is 0 Å². The summed E-state index contributed by atoms with van der Waals surface area (Å²) in [5.41, 5.74) is 0.902. The molecule has 0 aromatic heterocycles. The van der Waals surface area contributed by atoms with Crippen molar-refractivity contribution in [3.63, 3.8) is 0 Å². The molecular formula is C9H7FN2. The lowest BCUT2D eigenvalue weighted by molar-refractivity contribution is 0.625. The molecule has 1 aromatic rings. The van der Waals surface area contributed by atoms with Gasteiger partial charge in [0, 0.05) is 11.1 Å². The van der Waals surface area contributed by atoms with Gasteiger partial charge in [-0.3, -0.25) is 0 Å². The van der Waals surface area contributed by atoms with Gasteiger partial charge in [0.15, 0.2) is 0 Å². The highest BCUT2D eigenvalue weighted by Crippen LogP contribution is 2.07.